The first-order valence-corrected chi connectivity index (χ1v) is 8.73. The second kappa shape index (κ2) is 5.97. The largest absolute Gasteiger partial charge is 0.353 e. The number of carbonyl (C=O) groups is 1. The van der Waals surface area contributed by atoms with E-state index in [-0.39, 0.29) is 11.8 Å². The Morgan fingerprint density at radius 2 is 1.96 bits per heavy atom. The number of benzene rings is 2. The number of amides is 1. The molecule has 120 valence electrons. The van der Waals surface area contributed by atoms with Crippen molar-refractivity contribution in [3.05, 3.63) is 48.0 Å². The van der Waals surface area contributed by atoms with Crippen LogP contribution in [0.25, 0.3) is 10.8 Å². The highest BCUT2D eigenvalue weighted by Gasteiger charge is 2.44. The highest BCUT2D eigenvalue weighted by atomic mass is 16.2. The third-order valence-corrected chi connectivity index (χ3v) is 5.30. The van der Waals surface area contributed by atoms with Crippen LogP contribution in [0.2, 0.25) is 0 Å². The fourth-order valence-electron chi connectivity index (χ4n) is 3.86. The van der Waals surface area contributed by atoms with E-state index >= 15 is 0 Å². The Morgan fingerprint density at radius 1 is 1.13 bits per heavy atom. The summed E-state index contributed by atoms with van der Waals surface area (Å²) in [5, 5.41) is 9.23. The lowest BCUT2D eigenvalue weighted by Crippen LogP contribution is -2.47. The average molecular weight is 308 g/mol. The molecule has 0 spiro atoms. The third kappa shape index (κ3) is 3.11. The van der Waals surface area contributed by atoms with Crippen molar-refractivity contribution in [2.24, 2.45) is 5.92 Å². The molecule has 0 bridgehead atoms. The zero-order valence-corrected chi connectivity index (χ0v) is 13.6. The molecule has 4 rings (SSSR count). The summed E-state index contributed by atoms with van der Waals surface area (Å²) in [7, 11) is 0. The number of carbonyl (C=O) groups excluding carboxylic acids is 1. The van der Waals surface area contributed by atoms with Crippen molar-refractivity contribution in [1.82, 2.24) is 10.6 Å². The fraction of sp³-hybridized carbons (Fsp3) is 0.450. The van der Waals surface area contributed by atoms with Crippen LogP contribution in [-0.4, -0.2) is 24.5 Å². The third-order valence-electron chi connectivity index (χ3n) is 5.30. The number of hydrogen-bond donors (Lipinski definition) is 2. The summed E-state index contributed by atoms with van der Waals surface area (Å²) in [5.74, 6) is 0.822. The Kier molecular flexibility index (Phi) is 3.82. The number of hydrogen-bond acceptors (Lipinski definition) is 2. The summed E-state index contributed by atoms with van der Waals surface area (Å²) < 4.78 is 0. The molecular weight excluding hydrogens is 284 g/mol. The smallest absolute Gasteiger partial charge is 0.223 e. The first kappa shape index (κ1) is 14.7. The predicted molar refractivity (Wildman–Crippen MR) is 93.4 cm³/mol. The van der Waals surface area contributed by atoms with Crippen LogP contribution in [0.15, 0.2) is 42.5 Å². The molecule has 0 aromatic heterocycles. The van der Waals surface area contributed by atoms with Gasteiger partial charge in [-0.1, -0.05) is 42.5 Å². The van der Waals surface area contributed by atoms with Crippen LogP contribution in [0.3, 0.4) is 0 Å². The summed E-state index contributed by atoms with van der Waals surface area (Å²) in [6.45, 7) is 3.19. The molecule has 3 nitrogen and oxygen atoms in total. The van der Waals surface area contributed by atoms with E-state index in [1.54, 1.807) is 0 Å². The molecule has 1 aliphatic heterocycles. The van der Waals surface area contributed by atoms with Crippen molar-refractivity contribution in [2.75, 3.05) is 6.54 Å². The van der Waals surface area contributed by atoms with Gasteiger partial charge in [0.2, 0.25) is 5.91 Å². The summed E-state index contributed by atoms with van der Waals surface area (Å²) in [4.78, 5) is 12.5. The van der Waals surface area contributed by atoms with Crippen LogP contribution in [0, 0.1) is 5.92 Å². The number of fused-ring (bicyclic) bond motifs is 1. The summed E-state index contributed by atoms with van der Waals surface area (Å²) in [5.41, 5.74) is 1.31. The van der Waals surface area contributed by atoms with Crippen molar-refractivity contribution in [3.63, 3.8) is 0 Å². The maximum Gasteiger partial charge on any atom is 0.223 e. The minimum absolute atomic E-state index is 0.168. The molecule has 4 atom stereocenters. The van der Waals surface area contributed by atoms with Crippen molar-refractivity contribution in [2.45, 2.75) is 44.2 Å². The minimum Gasteiger partial charge on any atom is -0.353 e. The number of piperidine rings is 1. The van der Waals surface area contributed by atoms with Gasteiger partial charge >= 0.3 is 0 Å². The van der Waals surface area contributed by atoms with Crippen molar-refractivity contribution >= 4 is 16.7 Å². The molecule has 1 amide bonds. The van der Waals surface area contributed by atoms with E-state index in [0.717, 1.165) is 25.8 Å². The molecule has 1 saturated heterocycles. The first-order chi connectivity index (χ1) is 11.2. The lowest BCUT2D eigenvalue weighted by atomic mass is 10.00. The van der Waals surface area contributed by atoms with Crippen LogP contribution in [0.1, 0.15) is 37.7 Å². The molecule has 2 aromatic rings. The van der Waals surface area contributed by atoms with Gasteiger partial charge in [-0.25, -0.2) is 0 Å². The minimum atomic E-state index is 0.168. The van der Waals surface area contributed by atoms with Crippen LogP contribution < -0.4 is 10.6 Å². The van der Waals surface area contributed by atoms with Crippen LogP contribution in [0.5, 0.6) is 0 Å². The Labute approximate surface area is 137 Å². The van der Waals surface area contributed by atoms with Crippen molar-refractivity contribution in [3.8, 4) is 0 Å². The zero-order chi connectivity index (χ0) is 15.8. The lowest BCUT2D eigenvalue weighted by molar-refractivity contribution is -0.123. The van der Waals surface area contributed by atoms with Gasteiger partial charge in [0.1, 0.15) is 0 Å². The first-order valence-electron chi connectivity index (χ1n) is 8.73. The molecule has 4 unspecified atom stereocenters. The number of rotatable bonds is 3. The lowest BCUT2D eigenvalue weighted by Gasteiger charge is -2.28. The monoisotopic (exact) mass is 308 g/mol. The topological polar surface area (TPSA) is 41.1 Å². The van der Waals surface area contributed by atoms with Gasteiger partial charge in [0.25, 0.3) is 0 Å². The predicted octanol–water partition coefficient (Wildman–Crippen LogP) is 3.20. The molecule has 1 aliphatic carbocycles. The van der Waals surface area contributed by atoms with Gasteiger partial charge < -0.3 is 10.6 Å². The molecule has 2 aromatic carbocycles. The molecule has 1 heterocycles. The molecule has 1 saturated carbocycles. The molecular formula is C20H24N2O. The average Bonchev–Trinajstić information content (AvgIpc) is 3.35. The maximum atomic E-state index is 12.5. The Bertz CT molecular complexity index is 726. The fourth-order valence-corrected chi connectivity index (χ4v) is 3.86. The van der Waals surface area contributed by atoms with Crippen LogP contribution >= 0.6 is 0 Å². The second-order valence-electron chi connectivity index (χ2n) is 7.14. The Hall–Kier alpha value is -1.87. The van der Waals surface area contributed by atoms with Gasteiger partial charge in [-0.2, -0.15) is 0 Å². The van der Waals surface area contributed by atoms with E-state index < -0.39 is 0 Å². The second-order valence-corrected chi connectivity index (χ2v) is 7.14. The molecule has 3 heteroatoms. The molecule has 0 radical (unpaired) electrons. The molecule has 2 aliphatic rings. The standard InChI is InChI=1S/C20H24N2O/c1-13-10-17(8-9-21-13)22-20(23)19-12-18(19)16-7-6-14-4-2-3-5-15(14)11-16/h2-7,11,13,17-19,21H,8-10,12H2,1H3,(H,22,23). The van der Waals surface area contributed by atoms with Gasteiger partial charge in [0.15, 0.2) is 0 Å². The van der Waals surface area contributed by atoms with Gasteiger partial charge in [-0.15, -0.1) is 0 Å². The Balaban J connectivity index is 1.41. The quantitative estimate of drug-likeness (QED) is 0.914. The van der Waals surface area contributed by atoms with Crippen molar-refractivity contribution in [1.29, 1.82) is 0 Å². The summed E-state index contributed by atoms with van der Waals surface area (Å²) in [6, 6.07) is 15.9. The molecule has 2 fully saturated rings. The number of nitrogens with one attached hydrogen (secondary N) is 2. The highest BCUT2D eigenvalue weighted by molar-refractivity contribution is 5.86. The van der Waals surface area contributed by atoms with Gasteiger partial charge in [0, 0.05) is 18.0 Å². The SMILES string of the molecule is CC1CC(NC(=O)C2CC2c2ccc3ccccc3c2)CCN1. The van der Waals surface area contributed by atoms with E-state index in [1.807, 2.05) is 0 Å². The maximum absolute atomic E-state index is 12.5. The summed E-state index contributed by atoms with van der Waals surface area (Å²) >= 11 is 0. The molecule has 23 heavy (non-hydrogen) atoms. The summed E-state index contributed by atoms with van der Waals surface area (Å²) in [6.07, 6.45) is 3.08. The van der Waals surface area contributed by atoms with E-state index in [1.165, 1.54) is 16.3 Å². The van der Waals surface area contributed by atoms with Gasteiger partial charge in [-0.3, -0.25) is 4.79 Å². The van der Waals surface area contributed by atoms with Crippen molar-refractivity contribution < 1.29 is 4.79 Å². The van der Waals surface area contributed by atoms with Gasteiger partial charge in [0.05, 0.1) is 0 Å². The van der Waals surface area contributed by atoms with Crippen LogP contribution in [0.4, 0.5) is 0 Å². The van der Waals surface area contributed by atoms with E-state index in [9.17, 15) is 4.79 Å². The van der Waals surface area contributed by atoms with Gasteiger partial charge in [-0.05, 0) is 55.0 Å². The highest BCUT2D eigenvalue weighted by Crippen LogP contribution is 2.48. The van der Waals surface area contributed by atoms with E-state index in [0.29, 0.717) is 18.0 Å². The van der Waals surface area contributed by atoms with E-state index in [4.69, 9.17) is 0 Å². The molecule has 2 N–H and O–H groups in total. The zero-order valence-electron chi connectivity index (χ0n) is 13.6. The van der Waals surface area contributed by atoms with E-state index in [2.05, 4.69) is 60.0 Å². The van der Waals surface area contributed by atoms with Crippen LogP contribution in [-0.2, 0) is 4.79 Å². The Morgan fingerprint density at radius 3 is 2.78 bits per heavy atom. The normalized spacial score (nSPS) is 30.1.